The number of carbonyl (C=O) groups is 2. The van der Waals surface area contributed by atoms with Gasteiger partial charge in [-0.15, -0.1) is 0 Å². The van der Waals surface area contributed by atoms with E-state index < -0.39 is 6.10 Å². The van der Waals surface area contributed by atoms with Crippen molar-refractivity contribution in [2.75, 3.05) is 12.4 Å². The lowest BCUT2D eigenvalue weighted by Crippen LogP contribution is -2.37. The van der Waals surface area contributed by atoms with E-state index in [9.17, 15) is 9.59 Å². The van der Waals surface area contributed by atoms with Gasteiger partial charge < -0.3 is 19.7 Å². The van der Waals surface area contributed by atoms with E-state index in [0.29, 0.717) is 40.9 Å². The Bertz CT molecular complexity index is 1150. The van der Waals surface area contributed by atoms with E-state index in [1.807, 2.05) is 24.3 Å². The summed E-state index contributed by atoms with van der Waals surface area (Å²) in [4.78, 5) is 27.4. The summed E-state index contributed by atoms with van der Waals surface area (Å²) < 4.78 is 11.2. The average molecular weight is 451 g/mol. The van der Waals surface area contributed by atoms with Crippen LogP contribution in [0.1, 0.15) is 28.4 Å². The third-order valence-electron chi connectivity index (χ3n) is 5.28. The minimum absolute atomic E-state index is 0.101. The molecule has 1 heterocycles. The summed E-state index contributed by atoms with van der Waals surface area (Å²) in [7, 11) is 1.53. The van der Waals surface area contributed by atoms with E-state index in [0.717, 1.165) is 11.1 Å². The van der Waals surface area contributed by atoms with Crippen LogP contribution in [0.25, 0.3) is 0 Å². The minimum Gasteiger partial charge on any atom is -0.496 e. The molecule has 32 heavy (non-hydrogen) atoms. The average Bonchev–Trinajstić information content (AvgIpc) is 2.91. The number of benzene rings is 3. The number of nitrogens with one attached hydrogen (secondary N) is 1. The number of halogens is 1. The molecule has 1 aliphatic rings. The van der Waals surface area contributed by atoms with Gasteiger partial charge in [0.1, 0.15) is 11.5 Å². The van der Waals surface area contributed by atoms with Crippen LogP contribution < -0.4 is 14.8 Å². The molecule has 3 aromatic rings. The van der Waals surface area contributed by atoms with Crippen molar-refractivity contribution in [3.63, 3.8) is 0 Å². The van der Waals surface area contributed by atoms with Crippen molar-refractivity contribution in [2.24, 2.45) is 0 Å². The Morgan fingerprint density at radius 1 is 1.16 bits per heavy atom. The Balaban J connectivity index is 1.57. The molecule has 0 aromatic heterocycles. The molecule has 0 fully saturated rings. The number of fused-ring (bicyclic) bond motifs is 1. The van der Waals surface area contributed by atoms with Crippen LogP contribution in [0.2, 0.25) is 5.02 Å². The molecule has 0 bridgehead atoms. The van der Waals surface area contributed by atoms with Gasteiger partial charge in [0.2, 0.25) is 0 Å². The first-order chi connectivity index (χ1) is 15.4. The van der Waals surface area contributed by atoms with Crippen LogP contribution in [0, 0.1) is 0 Å². The molecule has 1 atom stereocenters. The van der Waals surface area contributed by atoms with Crippen molar-refractivity contribution in [1.82, 2.24) is 4.90 Å². The Morgan fingerprint density at radius 3 is 2.66 bits per heavy atom. The number of para-hydroxylation sites is 1. The van der Waals surface area contributed by atoms with E-state index in [1.165, 1.54) is 7.11 Å². The van der Waals surface area contributed by atoms with Crippen molar-refractivity contribution >= 4 is 29.1 Å². The molecule has 6 nitrogen and oxygen atoms in total. The zero-order chi connectivity index (χ0) is 22.7. The molecule has 164 valence electrons. The van der Waals surface area contributed by atoms with Crippen LogP contribution in [0.15, 0.2) is 66.7 Å². The molecule has 0 spiro atoms. The fraction of sp³-hybridized carbons (Fsp3) is 0.200. The van der Waals surface area contributed by atoms with Gasteiger partial charge in [-0.05, 0) is 55.0 Å². The predicted molar refractivity (Wildman–Crippen MR) is 123 cm³/mol. The Labute approximate surface area is 191 Å². The van der Waals surface area contributed by atoms with Crippen LogP contribution >= 0.6 is 11.6 Å². The third kappa shape index (κ3) is 4.70. The number of hydrogen-bond acceptors (Lipinski definition) is 4. The molecule has 1 aliphatic heterocycles. The van der Waals surface area contributed by atoms with Gasteiger partial charge in [-0.25, -0.2) is 0 Å². The van der Waals surface area contributed by atoms with Crippen LogP contribution in [0.5, 0.6) is 11.5 Å². The second kappa shape index (κ2) is 9.32. The smallest absolute Gasteiger partial charge is 0.263 e. The molecule has 4 rings (SSSR count). The Hall–Kier alpha value is -3.51. The van der Waals surface area contributed by atoms with E-state index in [2.05, 4.69) is 5.32 Å². The Kier molecular flexibility index (Phi) is 6.32. The first-order valence-corrected chi connectivity index (χ1v) is 10.6. The fourth-order valence-electron chi connectivity index (χ4n) is 3.65. The van der Waals surface area contributed by atoms with Crippen molar-refractivity contribution in [3.05, 3.63) is 88.4 Å². The molecule has 0 saturated heterocycles. The molecule has 0 radical (unpaired) electrons. The summed E-state index contributed by atoms with van der Waals surface area (Å²) in [5, 5.41) is 3.55. The fourth-order valence-corrected chi connectivity index (χ4v) is 3.78. The van der Waals surface area contributed by atoms with Crippen molar-refractivity contribution in [2.45, 2.75) is 26.1 Å². The van der Waals surface area contributed by atoms with Gasteiger partial charge in [-0.2, -0.15) is 0 Å². The van der Waals surface area contributed by atoms with E-state index in [4.69, 9.17) is 21.1 Å². The molecule has 0 unspecified atom stereocenters. The van der Waals surface area contributed by atoms with Crippen molar-refractivity contribution in [3.8, 4) is 11.5 Å². The molecule has 3 aromatic carbocycles. The highest BCUT2D eigenvalue weighted by Crippen LogP contribution is 2.30. The maximum absolute atomic E-state index is 12.9. The quantitative estimate of drug-likeness (QED) is 0.599. The first-order valence-electron chi connectivity index (χ1n) is 10.2. The van der Waals surface area contributed by atoms with Crippen LogP contribution in [0.4, 0.5) is 5.69 Å². The number of amides is 2. The van der Waals surface area contributed by atoms with Gasteiger partial charge >= 0.3 is 0 Å². The van der Waals surface area contributed by atoms with Crippen LogP contribution in [-0.4, -0.2) is 29.9 Å². The highest BCUT2D eigenvalue weighted by atomic mass is 35.5. The lowest BCUT2D eigenvalue weighted by molar-refractivity contribution is -0.138. The number of carbonyl (C=O) groups excluding carboxylic acids is 2. The molecule has 7 heteroatoms. The molecular weight excluding hydrogens is 428 g/mol. The maximum Gasteiger partial charge on any atom is 0.263 e. The lowest BCUT2D eigenvalue weighted by atomic mass is 10.1. The number of rotatable bonds is 5. The summed E-state index contributed by atoms with van der Waals surface area (Å²) in [6, 6.07) is 19.8. The summed E-state index contributed by atoms with van der Waals surface area (Å²) in [6.07, 6.45) is -0.613. The normalized spacial score (nSPS) is 15.4. The molecule has 0 aliphatic carbocycles. The zero-order valence-electron chi connectivity index (χ0n) is 17.8. The Morgan fingerprint density at radius 2 is 1.91 bits per heavy atom. The molecular formula is C25H23ClN2O4. The minimum atomic E-state index is -0.613. The van der Waals surface area contributed by atoms with E-state index in [-0.39, 0.29) is 11.8 Å². The number of ether oxygens (including phenoxy) is 2. The third-order valence-corrected chi connectivity index (χ3v) is 5.53. The zero-order valence-corrected chi connectivity index (χ0v) is 18.6. The van der Waals surface area contributed by atoms with Crippen molar-refractivity contribution in [1.29, 1.82) is 0 Å². The van der Waals surface area contributed by atoms with Gasteiger partial charge in [0, 0.05) is 29.4 Å². The second-order valence-electron chi connectivity index (χ2n) is 7.56. The molecule has 0 saturated carbocycles. The second-order valence-corrected chi connectivity index (χ2v) is 7.99. The summed E-state index contributed by atoms with van der Waals surface area (Å²) in [5.41, 5.74) is 2.83. The van der Waals surface area contributed by atoms with Gasteiger partial charge in [0.25, 0.3) is 11.8 Å². The van der Waals surface area contributed by atoms with Gasteiger partial charge in [-0.3, -0.25) is 9.59 Å². The number of methoxy groups -OCH3 is 1. The standard InChI is InChI=1S/C25H23ClN2O4/c1-16-25(30)28(14-17-7-9-19(26)10-8-17)15-18-13-20(11-12-22(18)32-16)27-24(29)21-5-3-4-6-23(21)31-2/h3-13,16H,14-15H2,1-2H3,(H,27,29)/t16-/m0/s1. The number of hydrogen-bond donors (Lipinski definition) is 1. The van der Waals surface area contributed by atoms with Crippen molar-refractivity contribution < 1.29 is 19.1 Å². The van der Waals surface area contributed by atoms with Gasteiger partial charge in [0.05, 0.1) is 12.7 Å². The number of anilines is 1. The summed E-state index contributed by atoms with van der Waals surface area (Å²) in [5.74, 6) is 0.742. The van der Waals surface area contributed by atoms with Gasteiger partial charge in [0.15, 0.2) is 6.10 Å². The van der Waals surface area contributed by atoms with E-state index in [1.54, 1.807) is 54.3 Å². The highest BCUT2D eigenvalue weighted by Gasteiger charge is 2.28. The van der Waals surface area contributed by atoms with Crippen LogP contribution in [0.3, 0.4) is 0 Å². The van der Waals surface area contributed by atoms with E-state index >= 15 is 0 Å². The number of nitrogens with zero attached hydrogens (tertiary/aromatic N) is 1. The SMILES string of the molecule is COc1ccccc1C(=O)Nc1ccc2c(c1)CN(Cc1ccc(Cl)cc1)C(=O)[C@H](C)O2. The monoisotopic (exact) mass is 450 g/mol. The summed E-state index contributed by atoms with van der Waals surface area (Å²) in [6.45, 7) is 2.53. The van der Waals surface area contributed by atoms with Crippen LogP contribution in [-0.2, 0) is 17.9 Å². The largest absolute Gasteiger partial charge is 0.496 e. The molecule has 1 N–H and O–H groups in total. The maximum atomic E-state index is 12.9. The lowest BCUT2D eigenvalue weighted by Gasteiger charge is -2.22. The first kappa shape index (κ1) is 21.7. The highest BCUT2D eigenvalue weighted by molar-refractivity contribution is 6.30. The van der Waals surface area contributed by atoms with Gasteiger partial charge in [-0.1, -0.05) is 35.9 Å². The molecule has 2 amide bonds. The summed E-state index contributed by atoms with van der Waals surface area (Å²) >= 11 is 5.98. The predicted octanol–water partition coefficient (Wildman–Crippen LogP) is 4.91. The topological polar surface area (TPSA) is 67.9 Å².